The molecule has 1 nitrogen and oxygen atoms in total. The largest absolute Gasteiger partial charge is 0.294 e. The molecule has 0 radical (unpaired) electrons. The molecule has 0 bridgehead atoms. The van der Waals surface area contributed by atoms with Crippen LogP contribution >= 0.6 is 15.9 Å². The second kappa shape index (κ2) is 5.75. The van der Waals surface area contributed by atoms with Crippen molar-refractivity contribution in [2.24, 2.45) is 0 Å². The van der Waals surface area contributed by atoms with Gasteiger partial charge < -0.3 is 0 Å². The predicted octanol–water partition coefficient (Wildman–Crippen LogP) is 4.43. The van der Waals surface area contributed by atoms with E-state index in [-0.39, 0.29) is 5.56 Å². The van der Waals surface area contributed by atoms with E-state index in [9.17, 15) is 22.4 Å². The molecule has 0 aliphatic heterocycles. The zero-order valence-corrected chi connectivity index (χ0v) is 11.5. The van der Waals surface area contributed by atoms with E-state index in [0.29, 0.717) is 0 Å². The summed E-state index contributed by atoms with van der Waals surface area (Å²) in [6, 6.07) is 7.70. The van der Waals surface area contributed by atoms with Crippen LogP contribution in [0.4, 0.5) is 17.6 Å². The van der Waals surface area contributed by atoms with Crippen LogP contribution in [0.15, 0.2) is 34.8 Å². The molecule has 0 saturated heterocycles. The lowest BCUT2D eigenvalue weighted by atomic mass is 10.0. The average Bonchev–Trinajstić information content (AvgIpc) is 2.48. The fourth-order valence-electron chi connectivity index (χ4n) is 1.69. The fourth-order valence-corrected chi connectivity index (χ4v) is 2.04. The number of benzene rings is 2. The van der Waals surface area contributed by atoms with E-state index in [2.05, 4.69) is 15.9 Å². The topological polar surface area (TPSA) is 17.1 Å². The van der Waals surface area contributed by atoms with Crippen LogP contribution < -0.4 is 0 Å². The van der Waals surface area contributed by atoms with Crippen LogP contribution in [0.1, 0.15) is 15.9 Å². The molecule has 0 aromatic heterocycles. The van der Waals surface area contributed by atoms with Crippen molar-refractivity contribution in [2.45, 2.75) is 6.42 Å². The van der Waals surface area contributed by atoms with Crippen molar-refractivity contribution in [1.82, 2.24) is 0 Å². The third-order valence-electron chi connectivity index (χ3n) is 2.73. The van der Waals surface area contributed by atoms with Gasteiger partial charge >= 0.3 is 0 Å². The summed E-state index contributed by atoms with van der Waals surface area (Å²) in [5, 5.41) is 0. The Balaban J connectivity index is 2.43. The maximum Gasteiger partial charge on any atom is 0.176 e. The van der Waals surface area contributed by atoms with Crippen LogP contribution in [0.5, 0.6) is 0 Å². The second-order valence-corrected chi connectivity index (χ2v) is 4.81. The minimum Gasteiger partial charge on any atom is -0.294 e. The van der Waals surface area contributed by atoms with E-state index >= 15 is 0 Å². The summed E-state index contributed by atoms with van der Waals surface area (Å²) in [5.74, 6) is -6.89. The standard InChI is InChI=1S/C14H7BrF4O/c15-10-13(18)11(16)8(12(17)14(10)19)6-9(20)7-4-2-1-3-5-7/h1-5H,6H2. The molecule has 0 aliphatic carbocycles. The molecule has 0 amide bonds. The summed E-state index contributed by atoms with van der Waals surface area (Å²) in [6.45, 7) is 0. The molecular formula is C14H7BrF4O. The highest BCUT2D eigenvalue weighted by Gasteiger charge is 2.25. The molecule has 20 heavy (non-hydrogen) atoms. The first-order chi connectivity index (χ1) is 9.43. The van der Waals surface area contributed by atoms with Crippen molar-refractivity contribution in [3.63, 3.8) is 0 Å². The van der Waals surface area contributed by atoms with Gasteiger partial charge in [0.05, 0.1) is 4.47 Å². The van der Waals surface area contributed by atoms with Gasteiger partial charge in [0, 0.05) is 17.5 Å². The summed E-state index contributed by atoms with van der Waals surface area (Å²) in [7, 11) is 0. The van der Waals surface area contributed by atoms with Gasteiger partial charge in [0.25, 0.3) is 0 Å². The van der Waals surface area contributed by atoms with Crippen LogP contribution in [0, 0.1) is 23.3 Å². The average molecular weight is 347 g/mol. The molecule has 2 rings (SSSR count). The van der Waals surface area contributed by atoms with Gasteiger partial charge in [-0.05, 0) is 15.9 Å². The van der Waals surface area contributed by atoms with Crippen molar-refractivity contribution >= 4 is 21.7 Å². The SMILES string of the molecule is O=C(Cc1c(F)c(F)c(Br)c(F)c1F)c1ccccc1. The third-order valence-corrected chi connectivity index (χ3v) is 3.43. The lowest BCUT2D eigenvalue weighted by Crippen LogP contribution is -2.11. The van der Waals surface area contributed by atoms with Gasteiger partial charge in [-0.2, -0.15) is 0 Å². The lowest BCUT2D eigenvalue weighted by Gasteiger charge is -2.08. The van der Waals surface area contributed by atoms with Gasteiger partial charge in [0.15, 0.2) is 29.1 Å². The quantitative estimate of drug-likeness (QED) is 0.347. The molecule has 2 aromatic carbocycles. The number of Topliss-reactive ketones (excluding diaryl/α,β-unsaturated/α-hetero) is 1. The molecule has 2 aromatic rings. The van der Waals surface area contributed by atoms with Crippen LogP contribution in [0.2, 0.25) is 0 Å². The monoisotopic (exact) mass is 346 g/mol. The number of hydrogen-bond acceptors (Lipinski definition) is 1. The van der Waals surface area contributed by atoms with Gasteiger partial charge in [-0.3, -0.25) is 4.79 Å². The lowest BCUT2D eigenvalue weighted by molar-refractivity contribution is 0.0990. The van der Waals surface area contributed by atoms with E-state index < -0.39 is 45.5 Å². The zero-order chi connectivity index (χ0) is 14.9. The first-order valence-electron chi connectivity index (χ1n) is 5.52. The molecule has 0 saturated carbocycles. The normalized spacial score (nSPS) is 10.7. The van der Waals surface area contributed by atoms with Crippen molar-refractivity contribution in [2.75, 3.05) is 0 Å². The molecule has 0 N–H and O–H groups in total. The van der Waals surface area contributed by atoms with E-state index in [1.807, 2.05) is 0 Å². The predicted molar refractivity (Wildman–Crippen MR) is 68.5 cm³/mol. The smallest absolute Gasteiger partial charge is 0.176 e. The first-order valence-corrected chi connectivity index (χ1v) is 6.31. The van der Waals surface area contributed by atoms with Gasteiger partial charge in [0.2, 0.25) is 0 Å². The number of carbonyl (C=O) groups excluding carboxylic acids is 1. The van der Waals surface area contributed by atoms with E-state index in [1.165, 1.54) is 12.1 Å². The van der Waals surface area contributed by atoms with E-state index in [4.69, 9.17) is 0 Å². The molecule has 0 unspecified atom stereocenters. The molecule has 0 spiro atoms. The molecule has 0 atom stereocenters. The van der Waals surface area contributed by atoms with Gasteiger partial charge in [-0.1, -0.05) is 30.3 Å². The Hall–Kier alpha value is -1.69. The Kier molecular flexibility index (Phi) is 4.23. The summed E-state index contributed by atoms with van der Waals surface area (Å²) < 4.78 is 53.0. The number of carbonyl (C=O) groups is 1. The zero-order valence-electron chi connectivity index (χ0n) is 9.89. The highest BCUT2D eigenvalue weighted by molar-refractivity contribution is 9.10. The van der Waals surface area contributed by atoms with Crippen LogP contribution in [-0.2, 0) is 6.42 Å². The summed E-state index contributed by atoms with van der Waals surface area (Å²) in [5.41, 5.74) is -0.716. The number of rotatable bonds is 3. The van der Waals surface area contributed by atoms with E-state index in [1.54, 1.807) is 18.2 Å². The fraction of sp³-hybridized carbons (Fsp3) is 0.0714. The van der Waals surface area contributed by atoms with Crippen molar-refractivity contribution in [3.8, 4) is 0 Å². The van der Waals surface area contributed by atoms with E-state index in [0.717, 1.165) is 0 Å². The molecule has 0 fully saturated rings. The van der Waals surface area contributed by atoms with Gasteiger partial charge in [0.1, 0.15) is 0 Å². The van der Waals surface area contributed by atoms with Crippen LogP contribution in [0.25, 0.3) is 0 Å². The highest BCUT2D eigenvalue weighted by atomic mass is 79.9. The number of hydrogen-bond donors (Lipinski definition) is 0. The first kappa shape index (κ1) is 14.7. The maximum absolute atomic E-state index is 13.6. The second-order valence-electron chi connectivity index (χ2n) is 4.01. The van der Waals surface area contributed by atoms with Crippen LogP contribution in [-0.4, -0.2) is 5.78 Å². The molecular weight excluding hydrogens is 340 g/mol. The molecule has 6 heteroatoms. The van der Waals surface area contributed by atoms with Gasteiger partial charge in [-0.25, -0.2) is 17.6 Å². The third kappa shape index (κ3) is 2.60. The number of halogens is 5. The number of ketones is 1. The molecule has 0 heterocycles. The Bertz CT molecular complexity index is 642. The molecule has 0 aliphatic rings. The minimum absolute atomic E-state index is 0.204. The summed E-state index contributed by atoms with van der Waals surface area (Å²) >= 11 is 2.41. The highest BCUT2D eigenvalue weighted by Crippen LogP contribution is 2.28. The Morgan fingerprint density at radius 1 is 0.900 bits per heavy atom. The van der Waals surface area contributed by atoms with Gasteiger partial charge in [-0.15, -0.1) is 0 Å². The summed E-state index contributed by atoms with van der Waals surface area (Å²) in [6.07, 6.45) is -0.761. The van der Waals surface area contributed by atoms with Crippen LogP contribution in [0.3, 0.4) is 0 Å². The minimum atomic E-state index is -1.57. The maximum atomic E-state index is 13.6. The van der Waals surface area contributed by atoms with Crippen molar-refractivity contribution in [3.05, 3.63) is 69.2 Å². The van der Waals surface area contributed by atoms with Crippen molar-refractivity contribution < 1.29 is 22.4 Å². The molecule has 104 valence electrons. The van der Waals surface area contributed by atoms with Crippen molar-refractivity contribution in [1.29, 1.82) is 0 Å². The Morgan fingerprint density at radius 2 is 1.40 bits per heavy atom. The summed E-state index contributed by atoms with van der Waals surface area (Å²) in [4.78, 5) is 11.8. The Morgan fingerprint density at radius 3 is 1.90 bits per heavy atom. The Labute approximate surface area is 120 Å².